The van der Waals surface area contributed by atoms with Gasteiger partial charge in [-0.1, -0.05) is 36.7 Å². The van der Waals surface area contributed by atoms with Crippen LogP contribution in [0.5, 0.6) is 5.75 Å². The van der Waals surface area contributed by atoms with E-state index in [1.165, 1.54) is 24.3 Å². The summed E-state index contributed by atoms with van der Waals surface area (Å²) < 4.78 is 44.2. The van der Waals surface area contributed by atoms with E-state index in [0.717, 1.165) is 18.6 Å². The van der Waals surface area contributed by atoms with Crippen molar-refractivity contribution in [3.05, 3.63) is 81.4 Å². The molecule has 7 nitrogen and oxygen atoms in total. The zero-order chi connectivity index (χ0) is 25.0. The normalized spacial score (nSPS) is 12.4. The van der Waals surface area contributed by atoms with Gasteiger partial charge in [0.2, 0.25) is 0 Å². The molecule has 3 aromatic rings. The summed E-state index contributed by atoms with van der Waals surface area (Å²) in [6, 6.07) is 8.37. The van der Waals surface area contributed by atoms with Crippen LogP contribution in [0.15, 0.2) is 42.5 Å². The number of benzene rings is 2. The molecule has 1 aromatic heterocycles. The van der Waals surface area contributed by atoms with Crippen LogP contribution in [0, 0.1) is 0 Å². The van der Waals surface area contributed by atoms with E-state index in [4.69, 9.17) is 16.3 Å². The summed E-state index contributed by atoms with van der Waals surface area (Å²) in [6.45, 7) is 1.65. The number of carbonyl (C=O) groups is 2. The first-order chi connectivity index (χ1) is 16.0. The number of halogens is 4. The van der Waals surface area contributed by atoms with Crippen LogP contribution in [-0.4, -0.2) is 32.1 Å². The second-order valence-corrected chi connectivity index (χ2v) is 7.80. The number of aromatic nitrogens is 2. The van der Waals surface area contributed by atoms with Crippen LogP contribution in [0.1, 0.15) is 57.8 Å². The van der Waals surface area contributed by atoms with Crippen LogP contribution in [0.4, 0.5) is 13.2 Å². The lowest BCUT2D eigenvalue weighted by atomic mass is 9.96. The van der Waals surface area contributed by atoms with Gasteiger partial charge in [-0.05, 0) is 36.2 Å². The highest BCUT2D eigenvalue weighted by atomic mass is 35.5. The average molecular weight is 497 g/mol. The number of aromatic amines is 1. The molecule has 0 aliphatic rings. The highest BCUT2D eigenvalue weighted by Gasteiger charge is 2.32. The third-order valence-corrected chi connectivity index (χ3v) is 5.32. The van der Waals surface area contributed by atoms with Crippen molar-refractivity contribution in [3.8, 4) is 5.75 Å². The molecule has 0 bridgehead atoms. The van der Waals surface area contributed by atoms with Crippen molar-refractivity contribution in [1.29, 1.82) is 0 Å². The van der Waals surface area contributed by atoms with Crippen molar-refractivity contribution < 1.29 is 37.7 Å². The lowest BCUT2D eigenvalue weighted by Crippen LogP contribution is -2.14. The van der Waals surface area contributed by atoms with E-state index in [1.54, 1.807) is 0 Å². The lowest BCUT2D eigenvalue weighted by Gasteiger charge is -2.14. The Morgan fingerprint density at radius 2 is 1.82 bits per heavy atom. The highest BCUT2D eigenvalue weighted by molar-refractivity contribution is 6.30. The summed E-state index contributed by atoms with van der Waals surface area (Å²) >= 11 is 6.15. The number of ether oxygens (including phenoxy) is 1. The van der Waals surface area contributed by atoms with Crippen LogP contribution < -0.4 is 4.74 Å². The number of aromatic carboxylic acids is 1. The van der Waals surface area contributed by atoms with Gasteiger partial charge in [0.1, 0.15) is 24.1 Å². The number of imidazole rings is 1. The Morgan fingerprint density at radius 1 is 1.15 bits per heavy atom. The molecule has 34 heavy (non-hydrogen) atoms. The predicted octanol–water partition coefficient (Wildman–Crippen LogP) is 5.53. The molecule has 0 aliphatic carbocycles. The van der Waals surface area contributed by atoms with E-state index in [-0.39, 0.29) is 28.8 Å². The fourth-order valence-corrected chi connectivity index (χ4v) is 3.65. The molecule has 11 heteroatoms. The topological polar surface area (TPSA) is 113 Å². The molecule has 1 unspecified atom stereocenters. The van der Waals surface area contributed by atoms with E-state index in [0.29, 0.717) is 23.9 Å². The van der Waals surface area contributed by atoms with E-state index in [1.807, 2.05) is 6.92 Å². The van der Waals surface area contributed by atoms with Crippen LogP contribution in [0.2, 0.25) is 5.15 Å². The zero-order valence-corrected chi connectivity index (χ0v) is 18.6. The quantitative estimate of drug-likeness (QED) is 0.359. The number of alkyl halides is 3. The van der Waals surface area contributed by atoms with Crippen LogP contribution in [0.3, 0.4) is 0 Å². The van der Waals surface area contributed by atoms with Gasteiger partial charge >= 0.3 is 18.1 Å². The van der Waals surface area contributed by atoms with Gasteiger partial charge < -0.3 is 19.9 Å². The molecule has 3 N–H and O–H groups in total. The second-order valence-electron chi connectivity index (χ2n) is 7.44. The van der Waals surface area contributed by atoms with Gasteiger partial charge in [0.25, 0.3) is 0 Å². The molecule has 0 saturated carbocycles. The van der Waals surface area contributed by atoms with E-state index in [2.05, 4.69) is 9.97 Å². The molecule has 0 radical (unpaired) electrons. The second kappa shape index (κ2) is 10.2. The smallest absolute Gasteiger partial charge is 0.416 e. The predicted molar refractivity (Wildman–Crippen MR) is 116 cm³/mol. The Hall–Kier alpha value is -3.53. The summed E-state index contributed by atoms with van der Waals surface area (Å²) in [5.74, 6) is -2.90. The van der Waals surface area contributed by atoms with Gasteiger partial charge in [-0.2, -0.15) is 13.2 Å². The molecule has 180 valence electrons. The van der Waals surface area contributed by atoms with Gasteiger partial charge in [-0.25, -0.2) is 9.78 Å². The van der Waals surface area contributed by atoms with Crippen molar-refractivity contribution in [2.45, 2.75) is 38.5 Å². The number of carboxylic acid groups (broad SMARTS) is 2. The molecule has 0 spiro atoms. The third-order valence-electron chi connectivity index (χ3n) is 5.03. The molecule has 0 amide bonds. The van der Waals surface area contributed by atoms with E-state index in [9.17, 15) is 33.0 Å². The monoisotopic (exact) mass is 496 g/mol. The number of rotatable bonds is 9. The Morgan fingerprint density at radius 3 is 2.38 bits per heavy atom. The minimum Gasteiger partial charge on any atom is -0.489 e. The van der Waals surface area contributed by atoms with Crippen molar-refractivity contribution in [2.24, 2.45) is 0 Å². The lowest BCUT2D eigenvalue weighted by molar-refractivity contribution is -0.138. The molecule has 1 heterocycles. The summed E-state index contributed by atoms with van der Waals surface area (Å²) in [5, 5.41) is 19.1. The van der Waals surface area contributed by atoms with Gasteiger partial charge in [-0.3, -0.25) is 4.79 Å². The maximum absolute atomic E-state index is 12.9. The molecule has 1 atom stereocenters. The fraction of sp³-hybridized carbons (Fsp3) is 0.261. The zero-order valence-electron chi connectivity index (χ0n) is 17.8. The fourth-order valence-electron chi connectivity index (χ4n) is 3.39. The number of aliphatic carboxylic acids is 1. The largest absolute Gasteiger partial charge is 0.489 e. The Bertz CT molecular complexity index is 1190. The summed E-state index contributed by atoms with van der Waals surface area (Å²) in [6.07, 6.45) is -3.26. The summed E-state index contributed by atoms with van der Waals surface area (Å²) in [7, 11) is 0. The van der Waals surface area contributed by atoms with Crippen molar-refractivity contribution >= 4 is 23.5 Å². The first kappa shape index (κ1) is 25.1. The van der Waals surface area contributed by atoms with Crippen LogP contribution in [-0.2, 0) is 24.0 Å². The van der Waals surface area contributed by atoms with Gasteiger partial charge in [0.15, 0.2) is 5.15 Å². The third kappa shape index (κ3) is 5.69. The van der Waals surface area contributed by atoms with Crippen molar-refractivity contribution in [1.82, 2.24) is 9.97 Å². The Balaban J connectivity index is 1.79. The Kier molecular flexibility index (Phi) is 7.51. The van der Waals surface area contributed by atoms with Gasteiger partial charge in [-0.15, -0.1) is 0 Å². The minimum absolute atomic E-state index is 0.0562. The number of carboxylic acids is 2. The molecule has 0 saturated heterocycles. The number of hydrogen-bond acceptors (Lipinski definition) is 4. The SMILES string of the molecule is CCCc1nc(Cl)c(C(C(=O)O)c2ccc(OCc3ccc(C(F)(F)F)cc3C(=O)O)cc2)[nH]1. The number of hydrogen-bond donors (Lipinski definition) is 3. The van der Waals surface area contributed by atoms with Crippen LogP contribution in [0.25, 0.3) is 0 Å². The maximum atomic E-state index is 12.9. The number of H-pyrrole nitrogens is 1. The van der Waals surface area contributed by atoms with Gasteiger partial charge in [0, 0.05) is 12.0 Å². The van der Waals surface area contributed by atoms with Gasteiger partial charge in [0.05, 0.1) is 16.8 Å². The van der Waals surface area contributed by atoms with E-state index < -0.39 is 35.2 Å². The molecule has 2 aromatic carbocycles. The summed E-state index contributed by atoms with van der Waals surface area (Å²) in [5.41, 5.74) is -0.886. The number of aryl methyl sites for hydroxylation is 1. The van der Waals surface area contributed by atoms with Crippen molar-refractivity contribution in [3.63, 3.8) is 0 Å². The average Bonchev–Trinajstić information content (AvgIpc) is 3.12. The van der Waals surface area contributed by atoms with E-state index >= 15 is 0 Å². The summed E-state index contributed by atoms with van der Waals surface area (Å²) in [4.78, 5) is 30.5. The molecular weight excluding hydrogens is 477 g/mol. The number of nitrogens with one attached hydrogen (secondary N) is 1. The molecule has 0 aliphatic heterocycles. The maximum Gasteiger partial charge on any atom is 0.416 e. The first-order valence-electron chi connectivity index (χ1n) is 10.1. The van der Waals surface area contributed by atoms with Crippen LogP contribution >= 0.6 is 11.6 Å². The molecular formula is C23H20ClF3N2O5. The Labute approximate surface area is 197 Å². The highest BCUT2D eigenvalue weighted by Crippen LogP contribution is 2.32. The molecule has 0 fully saturated rings. The first-order valence-corrected chi connectivity index (χ1v) is 10.5. The minimum atomic E-state index is -4.67. The molecule has 3 rings (SSSR count). The standard InChI is InChI=1S/C23H20ClF3N2O5/c1-2-3-17-28-19(20(24)29-17)18(22(32)33)12-5-8-15(9-6-12)34-11-13-4-7-14(23(25,26)27)10-16(13)21(30)31/h4-10,18H,2-3,11H2,1H3,(H,28,29)(H,30,31)(H,32,33). The number of nitrogens with zero attached hydrogens (tertiary/aromatic N) is 1. The van der Waals surface area contributed by atoms with Crippen molar-refractivity contribution in [2.75, 3.05) is 0 Å².